The Morgan fingerprint density at radius 1 is 1.14 bits per heavy atom. The van der Waals surface area contributed by atoms with E-state index in [0.717, 1.165) is 5.56 Å². The zero-order valence-corrected chi connectivity index (χ0v) is 11.5. The second-order valence-electron chi connectivity index (χ2n) is 4.24. The standard InChI is InChI=1S/C16H14N2O3/c1-20-16(19)15(18-17)13-8-5-9-14(10-13)21-11-12-6-3-2-4-7-12/h2-10H,11H2,1H3. The van der Waals surface area contributed by atoms with E-state index in [0.29, 0.717) is 17.9 Å². The molecule has 0 aliphatic heterocycles. The van der Waals surface area contributed by atoms with Crippen LogP contribution < -0.4 is 4.74 Å². The molecule has 0 atom stereocenters. The highest BCUT2D eigenvalue weighted by Crippen LogP contribution is 2.16. The van der Waals surface area contributed by atoms with Crippen LogP contribution in [0.25, 0.3) is 5.53 Å². The van der Waals surface area contributed by atoms with Crippen molar-refractivity contribution in [2.45, 2.75) is 6.61 Å². The zero-order chi connectivity index (χ0) is 15.1. The van der Waals surface area contributed by atoms with Crippen LogP contribution in [0, 0.1) is 0 Å². The van der Waals surface area contributed by atoms with Crippen LogP contribution in [0.15, 0.2) is 54.6 Å². The van der Waals surface area contributed by atoms with Gasteiger partial charge in [0.15, 0.2) is 0 Å². The molecule has 0 amide bonds. The average Bonchev–Trinajstić information content (AvgIpc) is 2.55. The number of benzene rings is 2. The Hall–Kier alpha value is -2.91. The Morgan fingerprint density at radius 3 is 2.57 bits per heavy atom. The third kappa shape index (κ3) is 3.78. The van der Waals surface area contributed by atoms with Crippen LogP contribution in [0.2, 0.25) is 0 Å². The molecule has 2 aromatic rings. The van der Waals surface area contributed by atoms with Crippen molar-refractivity contribution >= 4 is 11.7 Å². The molecule has 5 nitrogen and oxygen atoms in total. The highest BCUT2D eigenvalue weighted by molar-refractivity contribution is 6.40. The van der Waals surface area contributed by atoms with Crippen LogP contribution in [0.3, 0.4) is 0 Å². The summed E-state index contributed by atoms with van der Waals surface area (Å²) in [6.45, 7) is 0.411. The number of hydrogen-bond donors (Lipinski definition) is 0. The third-order valence-electron chi connectivity index (χ3n) is 2.83. The van der Waals surface area contributed by atoms with E-state index in [2.05, 4.69) is 9.53 Å². The largest absolute Gasteiger partial charge is 0.489 e. The Morgan fingerprint density at radius 2 is 1.90 bits per heavy atom. The van der Waals surface area contributed by atoms with Crippen molar-refractivity contribution in [1.82, 2.24) is 0 Å². The van der Waals surface area contributed by atoms with Gasteiger partial charge >= 0.3 is 11.7 Å². The summed E-state index contributed by atoms with van der Waals surface area (Å²) in [5, 5.41) is 0. The normalized spacial score (nSPS) is 9.57. The fraction of sp³-hybridized carbons (Fsp3) is 0.125. The highest BCUT2D eigenvalue weighted by atomic mass is 16.5. The fourth-order valence-corrected chi connectivity index (χ4v) is 1.79. The number of carbonyl (C=O) groups is 1. The second-order valence-corrected chi connectivity index (χ2v) is 4.24. The fourth-order valence-electron chi connectivity index (χ4n) is 1.79. The van der Waals surface area contributed by atoms with Gasteiger partial charge in [0.1, 0.15) is 12.4 Å². The number of ether oxygens (including phenoxy) is 2. The van der Waals surface area contributed by atoms with Crippen LogP contribution in [0.5, 0.6) is 5.75 Å². The lowest BCUT2D eigenvalue weighted by atomic mass is 10.1. The van der Waals surface area contributed by atoms with Crippen molar-refractivity contribution in [2.75, 3.05) is 7.11 Å². The number of carbonyl (C=O) groups excluding carboxylic acids is 1. The predicted octanol–water partition coefficient (Wildman–Crippen LogP) is 2.46. The summed E-state index contributed by atoms with van der Waals surface area (Å²) in [6.07, 6.45) is 0. The minimum Gasteiger partial charge on any atom is -0.489 e. The van der Waals surface area contributed by atoms with Gasteiger partial charge in [-0.2, -0.15) is 4.79 Å². The summed E-state index contributed by atoms with van der Waals surface area (Å²) in [5.41, 5.74) is 10.2. The first-order valence-electron chi connectivity index (χ1n) is 6.32. The number of rotatable bonds is 5. The number of hydrogen-bond acceptors (Lipinski definition) is 3. The molecule has 106 valence electrons. The maximum atomic E-state index is 11.5. The molecule has 0 saturated heterocycles. The molecule has 0 heterocycles. The van der Waals surface area contributed by atoms with E-state index < -0.39 is 5.97 Å². The number of nitrogens with zero attached hydrogens (tertiary/aromatic N) is 2. The number of methoxy groups -OCH3 is 1. The highest BCUT2D eigenvalue weighted by Gasteiger charge is 2.23. The molecule has 2 aromatic carbocycles. The van der Waals surface area contributed by atoms with Gasteiger partial charge in [0.05, 0.1) is 12.7 Å². The molecule has 0 saturated carbocycles. The van der Waals surface area contributed by atoms with Crippen molar-refractivity contribution in [3.8, 4) is 5.75 Å². The lowest BCUT2D eigenvalue weighted by Crippen LogP contribution is -2.18. The van der Waals surface area contributed by atoms with Crippen LogP contribution in [0.4, 0.5) is 0 Å². The Balaban J connectivity index is 2.14. The van der Waals surface area contributed by atoms with Crippen molar-refractivity contribution in [3.63, 3.8) is 0 Å². The van der Waals surface area contributed by atoms with Gasteiger partial charge in [-0.3, -0.25) is 0 Å². The maximum absolute atomic E-state index is 11.5. The van der Waals surface area contributed by atoms with E-state index in [1.807, 2.05) is 30.3 Å². The van der Waals surface area contributed by atoms with Crippen molar-refractivity contribution in [2.24, 2.45) is 0 Å². The number of esters is 1. The maximum Gasteiger partial charge on any atom is 0.422 e. The van der Waals surface area contributed by atoms with Gasteiger partial charge in [0.25, 0.3) is 0 Å². The molecule has 0 spiro atoms. The van der Waals surface area contributed by atoms with Crippen LogP contribution >= 0.6 is 0 Å². The summed E-state index contributed by atoms with van der Waals surface area (Å²) < 4.78 is 10.2. The van der Waals surface area contributed by atoms with Gasteiger partial charge in [0.2, 0.25) is 0 Å². The summed E-state index contributed by atoms with van der Waals surface area (Å²) in [5.74, 6) is -0.140. The lowest BCUT2D eigenvalue weighted by molar-refractivity contribution is -0.137. The first-order valence-corrected chi connectivity index (χ1v) is 6.32. The zero-order valence-electron chi connectivity index (χ0n) is 11.5. The molecular weight excluding hydrogens is 268 g/mol. The van der Waals surface area contributed by atoms with E-state index in [-0.39, 0.29) is 5.71 Å². The van der Waals surface area contributed by atoms with Crippen LogP contribution in [0.1, 0.15) is 11.1 Å². The second kappa shape index (κ2) is 7.03. The smallest absolute Gasteiger partial charge is 0.422 e. The first kappa shape index (κ1) is 14.5. The summed E-state index contributed by atoms with van der Waals surface area (Å²) in [7, 11) is 1.23. The summed E-state index contributed by atoms with van der Waals surface area (Å²) in [4.78, 5) is 14.5. The Labute approximate surface area is 122 Å². The van der Waals surface area contributed by atoms with Gasteiger partial charge in [-0.05, 0) is 23.8 Å². The quantitative estimate of drug-likeness (QED) is 0.366. The molecule has 2 rings (SSSR count). The van der Waals surface area contributed by atoms with Gasteiger partial charge in [0, 0.05) is 0 Å². The molecule has 0 aliphatic carbocycles. The molecule has 0 unspecified atom stereocenters. The first-order chi connectivity index (χ1) is 10.2. The average molecular weight is 282 g/mol. The van der Waals surface area contributed by atoms with Crippen molar-refractivity contribution < 1.29 is 19.1 Å². The Bertz CT molecular complexity index is 677. The Kier molecular flexibility index (Phi) is 4.85. The topological polar surface area (TPSA) is 71.9 Å². The van der Waals surface area contributed by atoms with Gasteiger partial charge in [-0.1, -0.05) is 36.4 Å². The van der Waals surface area contributed by atoms with E-state index in [1.165, 1.54) is 7.11 Å². The van der Waals surface area contributed by atoms with Crippen LogP contribution in [-0.4, -0.2) is 23.6 Å². The minimum atomic E-state index is -0.710. The van der Waals surface area contributed by atoms with E-state index in [4.69, 9.17) is 10.3 Å². The molecule has 0 aliphatic rings. The molecule has 0 N–H and O–H groups in total. The molecule has 21 heavy (non-hydrogen) atoms. The van der Waals surface area contributed by atoms with E-state index >= 15 is 0 Å². The monoisotopic (exact) mass is 282 g/mol. The van der Waals surface area contributed by atoms with E-state index in [9.17, 15) is 4.79 Å². The molecular formula is C16H14N2O3. The van der Waals surface area contributed by atoms with Gasteiger partial charge in [-0.25, -0.2) is 4.79 Å². The molecule has 0 aromatic heterocycles. The molecule has 5 heteroatoms. The van der Waals surface area contributed by atoms with Gasteiger partial charge in [-0.15, -0.1) is 0 Å². The van der Waals surface area contributed by atoms with Crippen LogP contribution in [-0.2, 0) is 16.1 Å². The molecule has 0 fully saturated rings. The van der Waals surface area contributed by atoms with E-state index in [1.54, 1.807) is 24.3 Å². The minimum absolute atomic E-state index is 0.164. The third-order valence-corrected chi connectivity index (χ3v) is 2.83. The van der Waals surface area contributed by atoms with Gasteiger partial charge < -0.3 is 15.0 Å². The predicted molar refractivity (Wildman–Crippen MR) is 77.0 cm³/mol. The van der Waals surface area contributed by atoms with Crippen molar-refractivity contribution in [1.29, 1.82) is 0 Å². The summed E-state index contributed by atoms with van der Waals surface area (Å²) >= 11 is 0. The molecule has 0 radical (unpaired) electrons. The lowest BCUT2D eigenvalue weighted by Gasteiger charge is -2.06. The SMILES string of the molecule is COC(=O)C(=[N+]=[N-])c1cccc(OCc2ccccc2)c1. The summed E-state index contributed by atoms with van der Waals surface area (Å²) in [6, 6.07) is 16.5. The van der Waals surface area contributed by atoms with Crippen molar-refractivity contribution in [3.05, 3.63) is 71.3 Å². The molecule has 0 bridgehead atoms.